The maximum atomic E-state index is 5.02. The summed E-state index contributed by atoms with van der Waals surface area (Å²) in [5.41, 5.74) is 4.06. The number of rotatable bonds is 3. The van der Waals surface area contributed by atoms with Crippen LogP contribution in [0, 0.1) is 5.92 Å². The molecule has 0 saturated heterocycles. The van der Waals surface area contributed by atoms with Gasteiger partial charge in [-0.25, -0.2) is 0 Å². The smallest absolute Gasteiger partial charge is 0.0600 e. The van der Waals surface area contributed by atoms with Crippen molar-refractivity contribution in [3.05, 3.63) is 71.8 Å². The van der Waals surface area contributed by atoms with E-state index in [2.05, 4.69) is 81.4 Å². The summed E-state index contributed by atoms with van der Waals surface area (Å²) < 4.78 is 0. The maximum Gasteiger partial charge on any atom is 0.0600 e. The van der Waals surface area contributed by atoms with E-state index in [1.807, 2.05) is 0 Å². The molecule has 3 rings (SSSR count). The molecule has 3 unspecified atom stereocenters. The number of nitrogens with zero attached hydrogens (tertiary/aromatic N) is 1. The fourth-order valence-corrected chi connectivity index (χ4v) is 3.59. The van der Waals surface area contributed by atoms with Crippen LogP contribution in [0.2, 0.25) is 0 Å². The van der Waals surface area contributed by atoms with Crippen molar-refractivity contribution in [2.75, 3.05) is 0 Å². The van der Waals surface area contributed by atoms with Crippen molar-refractivity contribution in [1.82, 2.24) is 0 Å². The zero-order valence-corrected chi connectivity index (χ0v) is 13.0. The quantitative estimate of drug-likeness (QED) is 0.744. The Morgan fingerprint density at radius 3 is 1.86 bits per heavy atom. The van der Waals surface area contributed by atoms with Crippen LogP contribution in [0.15, 0.2) is 65.7 Å². The fraction of sp³-hybridized carbons (Fsp3) is 0.350. The molecule has 0 radical (unpaired) electrons. The van der Waals surface area contributed by atoms with Crippen molar-refractivity contribution >= 4 is 5.71 Å². The zero-order chi connectivity index (χ0) is 14.8. The molecule has 1 aliphatic heterocycles. The lowest BCUT2D eigenvalue weighted by Crippen LogP contribution is -2.23. The molecule has 1 nitrogen and oxygen atoms in total. The minimum absolute atomic E-state index is 0.373. The van der Waals surface area contributed by atoms with E-state index in [0.29, 0.717) is 23.8 Å². The standard InChI is InChI=1S/C20H23N/c1-14(2)20-19(17-12-8-5-9-13-17)18(15(3)21-20)16-10-6-4-7-11-16/h4-14,18-20H,1-3H3. The van der Waals surface area contributed by atoms with Gasteiger partial charge in [-0.05, 0) is 24.0 Å². The van der Waals surface area contributed by atoms with Crippen LogP contribution < -0.4 is 0 Å². The van der Waals surface area contributed by atoms with Crippen LogP contribution in [0.25, 0.3) is 0 Å². The minimum atomic E-state index is 0.373. The summed E-state index contributed by atoms with van der Waals surface area (Å²) in [5, 5.41) is 0. The average Bonchev–Trinajstić information content (AvgIpc) is 2.87. The summed E-state index contributed by atoms with van der Waals surface area (Å²) in [4.78, 5) is 5.02. The van der Waals surface area contributed by atoms with Crippen molar-refractivity contribution in [2.45, 2.75) is 38.6 Å². The van der Waals surface area contributed by atoms with Crippen LogP contribution in [0.5, 0.6) is 0 Å². The number of benzene rings is 2. The van der Waals surface area contributed by atoms with Gasteiger partial charge in [-0.2, -0.15) is 0 Å². The second kappa shape index (κ2) is 5.85. The Hall–Kier alpha value is -1.89. The van der Waals surface area contributed by atoms with Gasteiger partial charge in [0.05, 0.1) is 6.04 Å². The van der Waals surface area contributed by atoms with Crippen LogP contribution in [0.3, 0.4) is 0 Å². The Morgan fingerprint density at radius 1 is 0.810 bits per heavy atom. The van der Waals surface area contributed by atoms with E-state index in [1.54, 1.807) is 0 Å². The van der Waals surface area contributed by atoms with Gasteiger partial charge in [0, 0.05) is 17.5 Å². The first-order valence-corrected chi connectivity index (χ1v) is 7.82. The highest BCUT2D eigenvalue weighted by atomic mass is 14.9. The highest BCUT2D eigenvalue weighted by molar-refractivity contribution is 5.92. The van der Waals surface area contributed by atoms with Gasteiger partial charge in [0.2, 0.25) is 0 Å². The lowest BCUT2D eigenvalue weighted by atomic mass is 9.75. The first-order chi connectivity index (χ1) is 10.2. The Balaban J connectivity index is 2.06. The molecule has 0 fully saturated rings. The van der Waals surface area contributed by atoms with Crippen LogP contribution in [-0.4, -0.2) is 11.8 Å². The van der Waals surface area contributed by atoms with Crippen molar-refractivity contribution in [3.8, 4) is 0 Å². The van der Waals surface area contributed by atoms with E-state index < -0.39 is 0 Å². The molecule has 108 valence electrons. The van der Waals surface area contributed by atoms with Crippen molar-refractivity contribution < 1.29 is 0 Å². The maximum absolute atomic E-state index is 5.02. The second-order valence-corrected chi connectivity index (χ2v) is 6.33. The van der Waals surface area contributed by atoms with Gasteiger partial charge < -0.3 is 0 Å². The molecule has 0 aromatic heterocycles. The number of hydrogen-bond acceptors (Lipinski definition) is 1. The SMILES string of the molecule is CC1=NC(C(C)C)C(c2ccccc2)C1c1ccccc1. The Kier molecular flexibility index (Phi) is 3.92. The van der Waals surface area contributed by atoms with Gasteiger partial charge in [-0.3, -0.25) is 4.99 Å². The summed E-state index contributed by atoms with van der Waals surface area (Å²) in [7, 11) is 0. The monoisotopic (exact) mass is 277 g/mol. The topological polar surface area (TPSA) is 12.4 Å². The van der Waals surface area contributed by atoms with Crippen LogP contribution in [0.1, 0.15) is 43.7 Å². The lowest BCUT2D eigenvalue weighted by Gasteiger charge is -2.27. The third-order valence-electron chi connectivity index (χ3n) is 4.56. The molecule has 0 amide bonds. The van der Waals surface area contributed by atoms with E-state index in [4.69, 9.17) is 4.99 Å². The molecule has 2 aromatic rings. The molecule has 2 aromatic carbocycles. The molecule has 1 heteroatoms. The molecule has 21 heavy (non-hydrogen) atoms. The van der Waals surface area contributed by atoms with Gasteiger partial charge in [-0.1, -0.05) is 74.5 Å². The molecule has 0 spiro atoms. The van der Waals surface area contributed by atoms with Crippen molar-refractivity contribution in [3.63, 3.8) is 0 Å². The van der Waals surface area contributed by atoms with Gasteiger partial charge in [0.15, 0.2) is 0 Å². The van der Waals surface area contributed by atoms with Crippen molar-refractivity contribution in [2.24, 2.45) is 10.9 Å². The highest BCUT2D eigenvalue weighted by Crippen LogP contribution is 2.45. The van der Waals surface area contributed by atoms with Crippen LogP contribution in [-0.2, 0) is 0 Å². The molecule has 3 atom stereocenters. The van der Waals surface area contributed by atoms with E-state index in [1.165, 1.54) is 16.8 Å². The molecule has 0 aliphatic carbocycles. The first kappa shape index (κ1) is 14.1. The molecular weight excluding hydrogens is 254 g/mol. The normalized spacial score (nSPS) is 25.1. The lowest BCUT2D eigenvalue weighted by molar-refractivity contribution is 0.430. The molecule has 0 N–H and O–H groups in total. The van der Waals surface area contributed by atoms with E-state index in [9.17, 15) is 0 Å². The summed E-state index contributed by atoms with van der Waals surface area (Å²) in [5.74, 6) is 1.41. The van der Waals surface area contributed by atoms with E-state index in [0.717, 1.165) is 0 Å². The Bertz CT molecular complexity index is 613. The van der Waals surface area contributed by atoms with Crippen molar-refractivity contribution in [1.29, 1.82) is 0 Å². The zero-order valence-electron chi connectivity index (χ0n) is 13.0. The largest absolute Gasteiger partial charge is 0.289 e. The van der Waals surface area contributed by atoms with Gasteiger partial charge in [0.1, 0.15) is 0 Å². The second-order valence-electron chi connectivity index (χ2n) is 6.33. The van der Waals surface area contributed by atoms with E-state index in [-0.39, 0.29) is 0 Å². The fourth-order valence-electron chi connectivity index (χ4n) is 3.59. The predicted molar refractivity (Wildman–Crippen MR) is 90.1 cm³/mol. The van der Waals surface area contributed by atoms with Gasteiger partial charge >= 0.3 is 0 Å². The molecule has 1 heterocycles. The average molecular weight is 277 g/mol. The number of hydrogen-bond donors (Lipinski definition) is 0. The van der Waals surface area contributed by atoms with Gasteiger partial charge in [0.25, 0.3) is 0 Å². The minimum Gasteiger partial charge on any atom is -0.289 e. The van der Waals surface area contributed by atoms with Gasteiger partial charge in [-0.15, -0.1) is 0 Å². The predicted octanol–water partition coefficient (Wildman–Crippen LogP) is 5.05. The number of aliphatic imine (C=N–C) groups is 1. The summed E-state index contributed by atoms with van der Waals surface area (Å²) >= 11 is 0. The molecular formula is C20H23N. The third-order valence-corrected chi connectivity index (χ3v) is 4.56. The first-order valence-electron chi connectivity index (χ1n) is 7.82. The highest BCUT2D eigenvalue weighted by Gasteiger charge is 2.39. The molecule has 0 saturated carbocycles. The Labute approximate surface area is 127 Å². The van der Waals surface area contributed by atoms with E-state index >= 15 is 0 Å². The molecule has 0 bridgehead atoms. The van der Waals surface area contributed by atoms with Crippen LogP contribution in [0.4, 0.5) is 0 Å². The Morgan fingerprint density at radius 2 is 1.33 bits per heavy atom. The third kappa shape index (κ3) is 2.65. The molecule has 1 aliphatic rings. The summed E-state index contributed by atoms with van der Waals surface area (Å²) in [6.07, 6.45) is 0. The summed E-state index contributed by atoms with van der Waals surface area (Å²) in [6.45, 7) is 6.76. The van der Waals surface area contributed by atoms with Crippen LogP contribution >= 0.6 is 0 Å². The summed E-state index contributed by atoms with van der Waals surface area (Å²) in [6, 6.07) is 22.1.